The average molecular weight is 394 g/mol. The minimum Gasteiger partial charge on any atom is -0.378 e. The van der Waals surface area contributed by atoms with E-state index in [4.69, 9.17) is 4.74 Å². The molecule has 1 fully saturated rings. The van der Waals surface area contributed by atoms with Crippen molar-refractivity contribution >= 4 is 46.3 Å². The van der Waals surface area contributed by atoms with Crippen molar-refractivity contribution < 1.29 is 23.7 Å². The summed E-state index contributed by atoms with van der Waals surface area (Å²) in [6.07, 6.45) is 0. The van der Waals surface area contributed by atoms with Crippen LogP contribution in [0.25, 0.3) is 0 Å². The number of fused-ring (bicyclic) bond motifs is 1. The fourth-order valence-electron chi connectivity index (χ4n) is 3.00. The second kappa shape index (κ2) is 7.89. The van der Waals surface area contributed by atoms with Gasteiger partial charge in [-0.1, -0.05) is 30.6 Å². The number of amides is 4. The summed E-state index contributed by atoms with van der Waals surface area (Å²) in [4.78, 5) is 49.3. The maximum absolute atomic E-state index is 12.7. The fourth-order valence-corrected chi connectivity index (χ4v) is 3.99. The zero-order valence-electron chi connectivity index (χ0n) is 16.0. The fraction of sp³-hybridized carbons (Fsp3) is 0.647. The molecular weight excluding hydrogens is 370 g/mol. The Labute approximate surface area is 162 Å². The highest BCUT2D eigenvalue weighted by Crippen LogP contribution is 2.26. The summed E-state index contributed by atoms with van der Waals surface area (Å²) in [5.74, 6) is 0.0161. The van der Waals surface area contributed by atoms with E-state index in [2.05, 4.69) is 9.98 Å². The molecule has 0 bridgehead atoms. The van der Waals surface area contributed by atoms with Gasteiger partial charge in [-0.25, -0.2) is 9.79 Å². The topological polar surface area (TPSA) is 94.6 Å². The predicted molar refractivity (Wildman–Crippen MR) is 102 cm³/mol. The number of urea groups is 1. The van der Waals surface area contributed by atoms with E-state index in [1.54, 1.807) is 11.9 Å². The van der Waals surface area contributed by atoms with Crippen molar-refractivity contribution in [3.8, 4) is 0 Å². The van der Waals surface area contributed by atoms with E-state index in [9.17, 15) is 14.4 Å². The maximum Gasteiger partial charge on any atom is 0.445 e. The normalized spacial score (nSPS) is 23.5. The minimum absolute atomic E-state index is 0.0118. The number of morpholine rings is 1. The van der Waals surface area contributed by atoms with Crippen LogP contribution in [-0.4, -0.2) is 95.1 Å². The van der Waals surface area contributed by atoms with Gasteiger partial charge in [0.1, 0.15) is 5.04 Å². The van der Waals surface area contributed by atoms with Crippen LogP contribution in [0, 0.1) is 11.8 Å². The van der Waals surface area contributed by atoms with Crippen LogP contribution in [0.3, 0.4) is 0 Å². The number of hydrogen-bond acceptors (Lipinski definition) is 7. The largest absolute Gasteiger partial charge is 0.445 e. The Balaban J connectivity index is 1.86. The smallest absolute Gasteiger partial charge is 0.378 e. The van der Waals surface area contributed by atoms with Crippen LogP contribution in [0.2, 0.25) is 0 Å². The van der Waals surface area contributed by atoms with Crippen molar-refractivity contribution in [2.45, 2.75) is 13.8 Å². The van der Waals surface area contributed by atoms with E-state index in [0.29, 0.717) is 43.0 Å². The quantitative estimate of drug-likeness (QED) is 0.642. The second-order valence-electron chi connectivity index (χ2n) is 6.89. The minimum atomic E-state index is -0.748. The van der Waals surface area contributed by atoms with Crippen molar-refractivity contribution in [2.75, 3.05) is 46.2 Å². The zero-order valence-corrected chi connectivity index (χ0v) is 16.8. The standard InChI is InChI=1S/C17H24N5O4S/c1-10(2)13-18-14-12(16(24)21(4)17(25)20(14)3)15(19-13)27-9-11(23)22-5-7-26-8-6-22/h10,12H,5-9H2,1-4H3/q+1. The Morgan fingerprint density at radius 1 is 1.30 bits per heavy atom. The van der Waals surface area contributed by atoms with E-state index in [1.165, 1.54) is 23.4 Å². The molecule has 0 aromatic carbocycles. The third-order valence-electron chi connectivity index (χ3n) is 4.68. The van der Waals surface area contributed by atoms with Gasteiger partial charge in [0, 0.05) is 19.0 Å². The Kier molecular flexibility index (Phi) is 5.75. The molecule has 3 rings (SSSR count). The molecule has 1 unspecified atom stereocenters. The summed E-state index contributed by atoms with van der Waals surface area (Å²) in [5.41, 5.74) is 0. The summed E-state index contributed by atoms with van der Waals surface area (Å²) in [5, 5.41) is 0.515. The Morgan fingerprint density at radius 2 is 1.96 bits per heavy atom. The molecule has 3 aliphatic rings. The summed E-state index contributed by atoms with van der Waals surface area (Å²) >= 11 is 1.25. The molecule has 146 valence electrons. The number of carbonyl (C=O) groups excluding carboxylic acids is 3. The van der Waals surface area contributed by atoms with Gasteiger partial charge in [-0.2, -0.15) is 9.48 Å². The lowest BCUT2D eigenvalue weighted by Crippen LogP contribution is -2.55. The van der Waals surface area contributed by atoms with E-state index >= 15 is 0 Å². The molecule has 0 aromatic heterocycles. The number of ether oxygens (including phenoxy) is 1. The molecule has 0 N–H and O–H groups in total. The molecule has 4 amide bonds. The number of carbonyl (C=O) groups is 3. The van der Waals surface area contributed by atoms with Crippen molar-refractivity contribution in [3.63, 3.8) is 0 Å². The van der Waals surface area contributed by atoms with Gasteiger partial charge in [0.25, 0.3) is 5.84 Å². The van der Waals surface area contributed by atoms with Gasteiger partial charge in [-0.3, -0.25) is 9.59 Å². The Hall–Kier alpha value is -2.07. The lowest BCUT2D eigenvalue weighted by atomic mass is 10.0. The van der Waals surface area contributed by atoms with E-state index in [0.717, 1.165) is 4.90 Å². The van der Waals surface area contributed by atoms with Crippen molar-refractivity contribution in [1.82, 2.24) is 9.80 Å². The summed E-state index contributed by atoms with van der Waals surface area (Å²) in [6.45, 7) is 6.12. The first-order valence-corrected chi connectivity index (χ1v) is 9.87. The number of imide groups is 1. The van der Waals surface area contributed by atoms with Crippen molar-refractivity contribution in [1.29, 1.82) is 0 Å². The van der Waals surface area contributed by atoms with Crippen LogP contribution in [0.1, 0.15) is 13.8 Å². The van der Waals surface area contributed by atoms with Crippen LogP contribution in [0.5, 0.6) is 0 Å². The van der Waals surface area contributed by atoms with Gasteiger partial charge < -0.3 is 9.64 Å². The first-order chi connectivity index (χ1) is 12.8. The van der Waals surface area contributed by atoms with E-state index in [1.807, 2.05) is 13.8 Å². The average Bonchev–Trinajstić information content (AvgIpc) is 2.68. The molecule has 0 aromatic rings. The van der Waals surface area contributed by atoms with Crippen LogP contribution in [-0.2, 0) is 14.3 Å². The van der Waals surface area contributed by atoms with Gasteiger partial charge >= 0.3 is 11.9 Å². The molecule has 27 heavy (non-hydrogen) atoms. The van der Waals surface area contributed by atoms with Crippen molar-refractivity contribution in [2.24, 2.45) is 21.8 Å². The Morgan fingerprint density at radius 3 is 2.59 bits per heavy atom. The molecule has 0 saturated carbocycles. The van der Waals surface area contributed by atoms with Crippen LogP contribution >= 0.6 is 11.8 Å². The highest BCUT2D eigenvalue weighted by molar-refractivity contribution is 8.14. The molecule has 0 spiro atoms. The predicted octanol–water partition coefficient (Wildman–Crippen LogP) is 0.294. The second-order valence-corrected chi connectivity index (χ2v) is 7.88. The lowest BCUT2D eigenvalue weighted by Gasteiger charge is -2.28. The van der Waals surface area contributed by atoms with Gasteiger partial charge in [0.05, 0.1) is 33.1 Å². The number of amidine groups is 2. The highest BCUT2D eigenvalue weighted by Gasteiger charge is 2.49. The molecular formula is C17H24N5O4S+. The van der Waals surface area contributed by atoms with Crippen molar-refractivity contribution in [3.05, 3.63) is 0 Å². The molecule has 0 radical (unpaired) electrons. The summed E-state index contributed by atoms with van der Waals surface area (Å²) in [6, 6.07) is -0.422. The van der Waals surface area contributed by atoms with Gasteiger partial charge in [0.2, 0.25) is 11.7 Å². The van der Waals surface area contributed by atoms with Gasteiger partial charge in [-0.05, 0) is 0 Å². The SMILES string of the molecule is CC(C)C1=NC2=[N+](C)C(=O)N(C)C(=O)C2C(SCC(=O)N2CCOCC2)=N1. The zero-order chi connectivity index (χ0) is 19.7. The van der Waals surface area contributed by atoms with Crippen LogP contribution < -0.4 is 0 Å². The first kappa shape index (κ1) is 19.7. The summed E-state index contributed by atoms with van der Waals surface area (Å²) < 4.78 is 6.65. The summed E-state index contributed by atoms with van der Waals surface area (Å²) in [7, 11) is 3.04. The molecule has 9 nitrogen and oxygen atoms in total. The first-order valence-electron chi connectivity index (χ1n) is 8.88. The van der Waals surface area contributed by atoms with Gasteiger partial charge in [0.15, 0.2) is 5.92 Å². The maximum atomic E-state index is 12.7. The number of aliphatic imine (C=N–C) groups is 2. The monoisotopic (exact) mass is 394 g/mol. The van der Waals surface area contributed by atoms with Crippen LogP contribution in [0.4, 0.5) is 4.79 Å². The third-order valence-corrected chi connectivity index (χ3v) is 5.69. The number of nitrogens with zero attached hydrogens (tertiary/aromatic N) is 5. The number of thioether (sulfide) groups is 1. The molecule has 3 heterocycles. The Bertz CT molecular complexity index is 767. The lowest BCUT2D eigenvalue weighted by molar-refractivity contribution is -0.407. The number of hydrogen-bond donors (Lipinski definition) is 0. The highest BCUT2D eigenvalue weighted by atomic mass is 32.2. The van der Waals surface area contributed by atoms with E-state index < -0.39 is 11.9 Å². The molecule has 0 aliphatic carbocycles. The third kappa shape index (κ3) is 3.81. The number of rotatable bonds is 3. The molecule has 10 heteroatoms. The van der Waals surface area contributed by atoms with Crippen LogP contribution in [0.15, 0.2) is 9.98 Å². The van der Waals surface area contributed by atoms with E-state index in [-0.39, 0.29) is 23.5 Å². The molecule has 1 saturated heterocycles. The molecule has 1 atom stereocenters. The molecule has 3 aliphatic heterocycles. The van der Waals surface area contributed by atoms with Gasteiger partial charge in [-0.15, -0.1) is 0 Å².